The Morgan fingerprint density at radius 1 is 1.33 bits per heavy atom. The fraction of sp³-hybridized carbons (Fsp3) is 0.235. The van der Waals surface area contributed by atoms with Crippen molar-refractivity contribution >= 4 is 23.6 Å². The quantitative estimate of drug-likeness (QED) is 0.783. The van der Waals surface area contributed by atoms with Crippen LogP contribution in [0, 0.1) is 5.82 Å². The van der Waals surface area contributed by atoms with E-state index < -0.39 is 17.7 Å². The summed E-state index contributed by atoms with van der Waals surface area (Å²) < 4.78 is 13.6. The SMILES string of the molecule is CSc1cc(CC(C)c2ccc(F)c(C(N)=O)c2)nc(C(=O)O)c1. The summed E-state index contributed by atoms with van der Waals surface area (Å²) in [5, 5.41) is 9.14. The van der Waals surface area contributed by atoms with Gasteiger partial charge in [-0.15, -0.1) is 11.8 Å². The summed E-state index contributed by atoms with van der Waals surface area (Å²) in [5.41, 5.74) is 6.36. The van der Waals surface area contributed by atoms with Crippen molar-refractivity contribution in [2.24, 2.45) is 5.73 Å². The Kier molecular flexibility index (Phi) is 5.56. The molecule has 0 bridgehead atoms. The van der Waals surface area contributed by atoms with E-state index in [-0.39, 0.29) is 17.2 Å². The van der Waals surface area contributed by atoms with Gasteiger partial charge in [0.25, 0.3) is 5.91 Å². The van der Waals surface area contributed by atoms with Crippen molar-refractivity contribution in [1.82, 2.24) is 4.98 Å². The number of nitrogens with zero attached hydrogens (tertiary/aromatic N) is 1. The van der Waals surface area contributed by atoms with Gasteiger partial charge in [-0.05, 0) is 48.4 Å². The zero-order valence-corrected chi connectivity index (χ0v) is 14.1. The van der Waals surface area contributed by atoms with E-state index in [4.69, 9.17) is 10.8 Å². The Morgan fingerprint density at radius 3 is 2.62 bits per heavy atom. The van der Waals surface area contributed by atoms with E-state index in [1.54, 1.807) is 6.07 Å². The van der Waals surface area contributed by atoms with Gasteiger partial charge in [0.1, 0.15) is 11.5 Å². The summed E-state index contributed by atoms with van der Waals surface area (Å²) in [7, 11) is 0. The first-order valence-electron chi connectivity index (χ1n) is 7.19. The molecule has 2 rings (SSSR count). The number of hydrogen-bond acceptors (Lipinski definition) is 4. The van der Waals surface area contributed by atoms with E-state index in [1.807, 2.05) is 19.2 Å². The lowest BCUT2D eigenvalue weighted by Crippen LogP contribution is -2.14. The minimum atomic E-state index is -1.09. The third kappa shape index (κ3) is 4.11. The molecule has 0 saturated carbocycles. The average Bonchev–Trinajstić information content (AvgIpc) is 2.54. The van der Waals surface area contributed by atoms with Crippen LogP contribution in [0.2, 0.25) is 0 Å². The monoisotopic (exact) mass is 348 g/mol. The summed E-state index contributed by atoms with van der Waals surface area (Å²) >= 11 is 1.43. The lowest BCUT2D eigenvalue weighted by Gasteiger charge is -2.14. The number of carbonyl (C=O) groups excluding carboxylic acids is 1. The van der Waals surface area contributed by atoms with Gasteiger partial charge in [-0.25, -0.2) is 14.2 Å². The molecule has 2 aromatic rings. The number of halogens is 1. The molecule has 1 atom stereocenters. The molecule has 0 radical (unpaired) electrons. The molecule has 1 amide bonds. The molecule has 0 saturated heterocycles. The number of primary amides is 1. The number of nitrogens with two attached hydrogens (primary N) is 1. The second-order valence-electron chi connectivity index (χ2n) is 5.40. The highest BCUT2D eigenvalue weighted by Gasteiger charge is 2.15. The first kappa shape index (κ1) is 17.9. The maximum absolute atomic E-state index is 13.6. The predicted octanol–water partition coefficient (Wildman–Crippen LogP) is 3.09. The summed E-state index contributed by atoms with van der Waals surface area (Å²) in [6.07, 6.45) is 2.31. The van der Waals surface area contributed by atoms with Crippen LogP contribution >= 0.6 is 11.8 Å². The zero-order chi connectivity index (χ0) is 17.9. The van der Waals surface area contributed by atoms with Crippen LogP contribution in [0.3, 0.4) is 0 Å². The molecule has 0 fully saturated rings. The molecule has 0 aliphatic heterocycles. The van der Waals surface area contributed by atoms with Gasteiger partial charge < -0.3 is 10.8 Å². The Labute approximate surface area is 143 Å². The zero-order valence-electron chi connectivity index (χ0n) is 13.2. The van der Waals surface area contributed by atoms with Gasteiger partial charge in [0.05, 0.1) is 5.56 Å². The van der Waals surface area contributed by atoms with Gasteiger partial charge in [0.15, 0.2) is 0 Å². The van der Waals surface area contributed by atoms with Crippen LogP contribution < -0.4 is 5.73 Å². The van der Waals surface area contributed by atoms with Crippen molar-refractivity contribution in [3.63, 3.8) is 0 Å². The number of hydrogen-bond donors (Lipinski definition) is 2. The Bertz CT molecular complexity index is 795. The highest BCUT2D eigenvalue weighted by Crippen LogP contribution is 2.24. The van der Waals surface area contributed by atoms with Crippen LogP contribution in [0.4, 0.5) is 4.39 Å². The van der Waals surface area contributed by atoms with Gasteiger partial charge >= 0.3 is 5.97 Å². The number of carboxylic acids is 1. The fourth-order valence-electron chi connectivity index (χ4n) is 2.36. The predicted molar refractivity (Wildman–Crippen MR) is 90.0 cm³/mol. The third-order valence-electron chi connectivity index (χ3n) is 3.65. The standard InChI is InChI=1S/C17H17FN2O3S/c1-9(10-3-4-14(18)13(6-10)16(19)21)5-11-7-12(24-2)8-15(20-11)17(22)23/h3-4,6-9H,5H2,1-2H3,(H2,19,21)(H,22,23). The second kappa shape index (κ2) is 7.44. The number of carbonyl (C=O) groups is 2. The molecule has 1 unspecified atom stereocenters. The van der Waals surface area contributed by atoms with E-state index in [9.17, 15) is 14.0 Å². The smallest absolute Gasteiger partial charge is 0.354 e. The normalized spacial score (nSPS) is 12.0. The average molecular weight is 348 g/mol. The maximum atomic E-state index is 13.6. The lowest BCUT2D eigenvalue weighted by molar-refractivity contribution is 0.0689. The first-order valence-corrected chi connectivity index (χ1v) is 8.41. The van der Waals surface area contributed by atoms with Gasteiger partial charge in [-0.3, -0.25) is 4.79 Å². The molecular formula is C17H17FN2O3S. The molecule has 7 heteroatoms. The molecular weight excluding hydrogens is 331 g/mol. The maximum Gasteiger partial charge on any atom is 0.354 e. The molecule has 3 N–H and O–H groups in total. The summed E-state index contributed by atoms with van der Waals surface area (Å²) in [6, 6.07) is 7.57. The summed E-state index contributed by atoms with van der Waals surface area (Å²) in [5.74, 6) is -2.65. The van der Waals surface area contributed by atoms with E-state index in [0.29, 0.717) is 12.1 Å². The Morgan fingerprint density at radius 2 is 2.04 bits per heavy atom. The largest absolute Gasteiger partial charge is 0.477 e. The van der Waals surface area contributed by atoms with Crippen LogP contribution in [0.15, 0.2) is 35.2 Å². The number of aromatic carboxylic acids is 1. The van der Waals surface area contributed by atoms with Gasteiger partial charge in [0.2, 0.25) is 0 Å². The lowest BCUT2D eigenvalue weighted by atomic mass is 9.94. The van der Waals surface area contributed by atoms with Gasteiger partial charge in [-0.2, -0.15) is 0 Å². The van der Waals surface area contributed by atoms with Gasteiger partial charge in [0, 0.05) is 10.6 Å². The van der Waals surface area contributed by atoms with E-state index in [1.165, 1.54) is 30.0 Å². The van der Waals surface area contributed by atoms with Crippen molar-refractivity contribution in [2.75, 3.05) is 6.26 Å². The molecule has 0 spiro atoms. The topological polar surface area (TPSA) is 93.3 Å². The Balaban J connectivity index is 2.31. The molecule has 0 aliphatic rings. The van der Waals surface area contributed by atoms with Crippen molar-refractivity contribution in [3.8, 4) is 0 Å². The minimum absolute atomic E-state index is 0.0130. The van der Waals surface area contributed by atoms with Crippen LogP contribution in [0.5, 0.6) is 0 Å². The fourth-order valence-corrected chi connectivity index (χ4v) is 2.85. The highest BCUT2D eigenvalue weighted by atomic mass is 32.2. The molecule has 24 heavy (non-hydrogen) atoms. The molecule has 0 aliphatic carbocycles. The third-order valence-corrected chi connectivity index (χ3v) is 4.35. The second-order valence-corrected chi connectivity index (χ2v) is 6.28. The number of aromatic nitrogens is 1. The van der Waals surface area contributed by atoms with Crippen molar-refractivity contribution in [1.29, 1.82) is 0 Å². The number of amides is 1. The van der Waals surface area contributed by atoms with Crippen LogP contribution in [0.1, 0.15) is 44.9 Å². The molecule has 1 heterocycles. The first-order chi connectivity index (χ1) is 11.3. The summed E-state index contributed by atoms with van der Waals surface area (Å²) in [6.45, 7) is 1.89. The van der Waals surface area contributed by atoms with Crippen molar-refractivity contribution in [2.45, 2.75) is 24.2 Å². The molecule has 1 aromatic carbocycles. The van der Waals surface area contributed by atoms with E-state index in [2.05, 4.69) is 4.98 Å². The van der Waals surface area contributed by atoms with Crippen LogP contribution in [-0.2, 0) is 6.42 Å². The number of rotatable bonds is 6. The number of thioether (sulfide) groups is 1. The van der Waals surface area contributed by atoms with E-state index >= 15 is 0 Å². The van der Waals surface area contributed by atoms with E-state index in [0.717, 1.165) is 10.5 Å². The highest BCUT2D eigenvalue weighted by molar-refractivity contribution is 7.98. The number of benzene rings is 1. The van der Waals surface area contributed by atoms with Crippen LogP contribution in [0.25, 0.3) is 0 Å². The van der Waals surface area contributed by atoms with Gasteiger partial charge in [-0.1, -0.05) is 13.0 Å². The number of carboxylic acid groups (broad SMARTS) is 1. The summed E-state index contributed by atoms with van der Waals surface area (Å²) in [4.78, 5) is 27.4. The molecule has 126 valence electrons. The molecule has 5 nitrogen and oxygen atoms in total. The van der Waals surface area contributed by atoms with Crippen LogP contribution in [-0.4, -0.2) is 28.2 Å². The Hall–Kier alpha value is -2.41. The van der Waals surface area contributed by atoms with Crippen molar-refractivity contribution < 1.29 is 19.1 Å². The minimum Gasteiger partial charge on any atom is -0.477 e. The van der Waals surface area contributed by atoms with Crippen molar-refractivity contribution in [3.05, 3.63) is 58.7 Å². The number of pyridine rings is 1. The molecule has 1 aromatic heterocycles.